The topological polar surface area (TPSA) is 48.4 Å². The predicted molar refractivity (Wildman–Crippen MR) is 59.9 cm³/mol. The van der Waals surface area contributed by atoms with Crippen LogP contribution in [-0.4, -0.2) is 24.4 Å². The molecule has 0 amide bonds. The molecule has 0 aliphatic carbocycles. The van der Waals surface area contributed by atoms with Crippen LogP contribution < -0.4 is 4.74 Å². The van der Waals surface area contributed by atoms with E-state index in [9.17, 15) is 26.7 Å². The van der Waals surface area contributed by atoms with Gasteiger partial charge in [-0.15, -0.1) is 13.2 Å². The molecule has 1 heterocycles. The number of aromatic nitrogens is 1. The normalized spacial score (nSPS) is 11.6. The van der Waals surface area contributed by atoms with Gasteiger partial charge >= 0.3 is 12.3 Å². The van der Waals surface area contributed by atoms with Crippen LogP contribution in [0.2, 0.25) is 0 Å². The predicted octanol–water partition coefficient (Wildman–Crippen LogP) is 3.31. The molecule has 10 heteroatoms. The molecule has 0 N–H and O–H groups in total. The molecule has 0 radical (unpaired) electrons. The monoisotopic (exact) mass is 397 g/mol. The third-order valence-electron chi connectivity index (χ3n) is 1.78. The van der Waals surface area contributed by atoms with Crippen molar-refractivity contribution in [3.8, 4) is 5.88 Å². The first kappa shape index (κ1) is 15.9. The van der Waals surface area contributed by atoms with E-state index in [0.29, 0.717) is 0 Å². The molecule has 0 saturated heterocycles. The molecule has 0 unspecified atom stereocenters. The van der Waals surface area contributed by atoms with Gasteiger partial charge in [0.1, 0.15) is 11.3 Å². The summed E-state index contributed by atoms with van der Waals surface area (Å²) in [5.41, 5.74) is -1.60. The highest BCUT2D eigenvalue weighted by Crippen LogP contribution is 2.31. The number of carbonyl (C=O) groups is 1. The third kappa shape index (κ3) is 4.14. The van der Waals surface area contributed by atoms with Gasteiger partial charge in [0.2, 0.25) is 5.88 Å². The Bertz CT molecular complexity index is 491. The number of pyridine rings is 1. The van der Waals surface area contributed by atoms with Crippen LogP contribution in [0.3, 0.4) is 0 Å². The van der Waals surface area contributed by atoms with Gasteiger partial charge in [-0.1, -0.05) is 0 Å². The first-order chi connectivity index (χ1) is 8.65. The molecule has 1 aromatic rings. The summed E-state index contributed by atoms with van der Waals surface area (Å²) in [5.74, 6) is -2.43. The van der Waals surface area contributed by atoms with Crippen molar-refractivity contribution in [1.82, 2.24) is 4.98 Å². The molecule has 0 aromatic carbocycles. The Hall–Kier alpha value is -1.20. The zero-order chi connectivity index (χ0) is 14.8. The molecule has 19 heavy (non-hydrogen) atoms. The molecule has 0 fully saturated rings. The van der Waals surface area contributed by atoms with Crippen molar-refractivity contribution < 1.29 is 36.2 Å². The minimum Gasteiger partial charge on any atom is -0.465 e. The number of methoxy groups -OCH3 is 1. The number of halogens is 6. The van der Waals surface area contributed by atoms with Gasteiger partial charge in [-0.2, -0.15) is 0 Å². The Morgan fingerprint density at radius 1 is 1.42 bits per heavy atom. The van der Waals surface area contributed by atoms with Gasteiger partial charge in [-0.05, 0) is 28.7 Å². The standard InChI is InChI=1S/C9H5F5INO3/c1-18-8(17)5-3(15)2-4(6(10)11)16-7(5)19-9(12,13)14/h2,6H,1H3. The molecule has 0 bridgehead atoms. The van der Waals surface area contributed by atoms with Crippen molar-refractivity contribution in [1.29, 1.82) is 0 Å². The first-order valence-corrected chi connectivity index (χ1v) is 5.56. The van der Waals surface area contributed by atoms with E-state index in [2.05, 4.69) is 14.5 Å². The summed E-state index contributed by atoms with van der Waals surface area (Å²) in [4.78, 5) is 14.3. The summed E-state index contributed by atoms with van der Waals surface area (Å²) in [6.45, 7) is 0. The van der Waals surface area contributed by atoms with E-state index >= 15 is 0 Å². The zero-order valence-corrected chi connectivity index (χ0v) is 11.3. The SMILES string of the molecule is COC(=O)c1c(I)cc(C(F)F)nc1OC(F)(F)F. The minimum absolute atomic E-state index is 0.186. The highest BCUT2D eigenvalue weighted by atomic mass is 127. The van der Waals surface area contributed by atoms with Crippen LogP contribution in [0, 0.1) is 3.57 Å². The van der Waals surface area contributed by atoms with Crippen LogP contribution in [0.5, 0.6) is 5.88 Å². The summed E-state index contributed by atoms with van der Waals surface area (Å²) in [7, 11) is 0.927. The molecule has 0 spiro atoms. The quantitative estimate of drug-likeness (QED) is 0.446. The van der Waals surface area contributed by atoms with E-state index in [0.717, 1.165) is 13.2 Å². The average Bonchev–Trinajstić information content (AvgIpc) is 2.25. The summed E-state index contributed by atoms with van der Waals surface area (Å²) in [6.07, 6.45) is -8.27. The van der Waals surface area contributed by atoms with E-state index in [-0.39, 0.29) is 3.57 Å². The number of alkyl halides is 5. The first-order valence-electron chi connectivity index (χ1n) is 4.48. The second-order valence-corrected chi connectivity index (χ2v) is 4.21. The highest BCUT2D eigenvalue weighted by molar-refractivity contribution is 14.1. The lowest BCUT2D eigenvalue weighted by atomic mass is 10.2. The molecule has 1 aromatic heterocycles. The number of rotatable bonds is 3. The fraction of sp³-hybridized carbons (Fsp3) is 0.333. The molecule has 0 aliphatic heterocycles. The molecular weight excluding hydrogens is 392 g/mol. The Morgan fingerprint density at radius 3 is 2.42 bits per heavy atom. The Labute approximate surface area is 117 Å². The van der Waals surface area contributed by atoms with E-state index in [1.165, 1.54) is 22.6 Å². The maximum atomic E-state index is 12.5. The molecule has 1 rings (SSSR count). The van der Waals surface area contributed by atoms with Crippen LogP contribution >= 0.6 is 22.6 Å². The largest absolute Gasteiger partial charge is 0.574 e. The lowest BCUT2D eigenvalue weighted by Gasteiger charge is -2.13. The molecule has 106 valence electrons. The number of hydrogen-bond acceptors (Lipinski definition) is 4. The number of hydrogen-bond donors (Lipinski definition) is 0. The van der Waals surface area contributed by atoms with Crippen molar-refractivity contribution in [3.05, 3.63) is 20.9 Å². The fourth-order valence-electron chi connectivity index (χ4n) is 1.09. The number of carbonyl (C=O) groups excluding carboxylic acids is 1. The maximum absolute atomic E-state index is 12.5. The fourth-order valence-corrected chi connectivity index (χ4v) is 1.86. The van der Waals surface area contributed by atoms with E-state index in [4.69, 9.17) is 0 Å². The van der Waals surface area contributed by atoms with Gasteiger partial charge in [0.15, 0.2) is 0 Å². The van der Waals surface area contributed by atoms with Crippen LogP contribution in [0.15, 0.2) is 6.07 Å². The van der Waals surface area contributed by atoms with Crippen LogP contribution in [-0.2, 0) is 4.74 Å². The minimum atomic E-state index is -5.17. The Morgan fingerprint density at radius 2 is 2.00 bits per heavy atom. The molecule has 0 atom stereocenters. The smallest absolute Gasteiger partial charge is 0.465 e. The Kier molecular flexibility index (Phi) is 4.87. The van der Waals surface area contributed by atoms with E-state index in [1.807, 2.05) is 0 Å². The van der Waals surface area contributed by atoms with Crippen LogP contribution in [0.4, 0.5) is 22.0 Å². The number of ether oxygens (including phenoxy) is 2. The van der Waals surface area contributed by atoms with Crippen molar-refractivity contribution in [2.75, 3.05) is 7.11 Å². The number of esters is 1. The zero-order valence-electron chi connectivity index (χ0n) is 9.09. The summed E-state index contributed by atoms with van der Waals surface area (Å²) in [6, 6.07) is 0.778. The number of nitrogens with zero attached hydrogens (tertiary/aromatic N) is 1. The van der Waals surface area contributed by atoms with Gasteiger partial charge in [0.25, 0.3) is 6.43 Å². The van der Waals surface area contributed by atoms with Crippen LogP contribution in [0.25, 0.3) is 0 Å². The molecule has 4 nitrogen and oxygen atoms in total. The van der Waals surface area contributed by atoms with Crippen molar-refractivity contribution in [2.24, 2.45) is 0 Å². The summed E-state index contributed by atoms with van der Waals surface area (Å²) in [5, 5.41) is 0. The van der Waals surface area contributed by atoms with E-state index < -0.39 is 35.9 Å². The summed E-state index contributed by atoms with van der Waals surface area (Å²) >= 11 is 1.41. The van der Waals surface area contributed by atoms with E-state index in [1.54, 1.807) is 0 Å². The second kappa shape index (κ2) is 5.84. The van der Waals surface area contributed by atoms with Crippen molar-refractivity contribution >= 4 is 28.6 Å². The Balaban J connectivity index is 3.40. The van der Waals surface area contributed by atoms with Gasteiger partial charge < -0.3 is 9.47 Å². The maximum Gasteiger partial charge on any atom is 0.574 e. The van der Waals surface area contributed by atoms with Gasteiger partial charge in [0.05, 0.1) is 7.11 Å². The van der Waals surface area contributed by atoms with Crippen molar-refractivity contribution in [2.45, 2.75) is 12.8 Å². The van der Waals surface area contributed by atoms with Crippen LogP contribution in [0.1, 0.15) is 22.5 Å². The average molecular weight is 397 g/mol. The lowest BCUT2D eigenvalue weighted by molar-refractivity contribution is -0.276. The van der Waals surface area contributed by atoms with Gasteiger partial charge in [-0.3, -0.25) is 0 Å². The highest BCUT2D eigenvalue weighted by Gasteiger charge is 2.35. The molecular formula is C9H5F5INO3. The van der Waals surface area contributed by atoms with Gasteiger partial charge in [0, 0.05) is 3.57 Å². The second-order valence-electron chi connectivity index (χ2n) is 3.05. The summed E-state index contributed by atoms with van der Waals surface area (Å²) < 4.78 is 68.9. The molecule has 0 aliphatic rings. The lowest BCUT2D eigenvalue weighted by Crippen LogP contribution is -2.21. The van der Waals surface area contributed by atoms with Gasteiger partial charge in [-0.25, -0.2) is 18.6 Å². The van der Waals surface area contributed by atoms with Crippen molar-refractivity contribution in [3.63, 3.8) is 0 Å². The third-order valence-corrected chi connectivity index (χ3v) is 2.63. The molecule has 0 saturated carbocycles.